The van der Waals surface area contributed by atoms with E-state index in [1.54, 1.807) is 0 Å². The van der Waals surface area contributed by atoms with Crippen LogP contribution in [-0.2, 0) is 0 Å². The average Bonchev–Trinajstić information content (AvgIpc) is 2.44. The summed E-state index contributed by atoms with van der Waals surface area (Å²) in [6.45, 7) is 3.98. The molecule has 1 aromatic carbocycles. The van der Waals surface area contributed by atoms with Gasteiger partial charge < -0.3 is 15.5 Å². The van der Waals surface area contributed by atoms with E-state index in [1.807, 2.05) is 31.2 Å². The summed E-state index contributed by atoms with van der Waals surface area (Å²) in [5.41, 5.74) is 7.85. The fourth-order valence-electron chi connectivity index (χ4n) is 1.67. The Kier molecular flexibility index (Phi) is 7.96. The van der Waals surface area contributed by atoms with Crippen LogP contribution in [-0.4, -0.2) is 37.4 Å². The molecule has 0 saturated heterocycles. The summed E-state index contributed by atoms with van der Waals surface area (Å²) in [5, 5.41) is 7.26. The summed E-state index contributed by atoms with van der Waals surface area (Å²) in [4.78, 5) is 1.43. The maximum atomic E-state index is 5.21. The Morgan fingerprint density at radius 2 is 1.76 bits per heavy atom. The molecule has 0 aliphatic rings. The van der Waals surface area contributed by atoms with Gasteiger partial charge in [0.15, 0.2) is 10.2 Å². The Hall–Kier alpha value is -1.44. The molecule has 0 atom stereocenters. The van der Waals surface area contributed by atoms with Crippen LogP contribution in [0.5, 0.6) is 0 Å². The van der Waals surface area contributed by atoms with Crippen molar-refractivity contribution in [2.75, 3.05) is 32.5 Å². The Balaban J connectivity index is 2.21. The number of thiocarbonyl (C=S) groups is 2. The summed E-state index contributed by atoms with van der Waals surface area (Å²) >= 11 is 10.4. The summed E-state index contributed by atoms with van der Waals surface area (Å²) in [5.74, 6) is 0. The lowest BCUT2D eigenvalue weighted by atomic mass is 10.2. The van der Waals surface area contributed by atoms with Gasteiger partial charge in [0.2, 0.25) is 0 Å². The minimum absolute atomic E-state index is 0.478. The van der Waals surface area contributed by atoms with Gasteiger partial charge in [-0.15, -0.1) is 0 Å². The molecule has 0 aromatic heterocycles. The van der Waals surface area contributed by atoms with E-state index < -0.39 is 0 Å². The highest BCUT2D eigenvalue weighted by atomic mass is 32.1. The third kappa shape index (κ3) is 7.79. The zero-order valence-corrected chi connectivity index (χ0v) is 14.4. The Morgan fingerprint density at radius 1 is 1.10 bits per heavy atom. The normalized spacial score (nSPS) is 10.1. The molecule has 0 aliphatic heterocycles. The molecule has 5 N–H and O–H groups in total. The van der Waals surface area contributed by atoms with Crippen LogP contribution in [0.15, 0.2) is 24.3 Å². The smallest absolute Gasteiger partial charge is 0.189 e. The molecule has 0 saturated carbocycles. The summed E-state index contributed by atoms with van der Waals surface area (Å²) in [6, 6.07) is 7.95. The zero-order chi connectivity index (χ0) is 15.7. The van der Waals surface area contributed by atoms with Gasteiger partial charge in [-0.25, -0.2) is 0 Å². The van der Waals surface area contributed by atoms with E-state index in [0.29, 0.717) is 10.2 Å². The van der Waals surface area contributed by atoms with Crippen LogP contribution in [0.4, 0.5) is 5.69 Å². The molecule has 1 aromatic rings. The standard InChI is InChI=1S/C14H23N5S2/c1-11-7-4-5-8-12(11)16-14(21)18-17-13(20)15-9-6-10-19(2)3/h4-5,7-8H,6,9-10H2,1-3H3,(H2,15,17,20)(H2,16,18,21)/p+1. The zero-order valence-electron chi connectivity index (χ0n) is 12.7. The van der Waals surface area contributed by atoms with E-state index in [9.17, 15) is 0 Å². The van der Waals surface area contributed by atoms with Crippen LogP contribution < -0.4 is 26.4 Å². The van der Waals surface area contributed by atoms with E-state index >= 15 is 0 Å². The quantitative estimate of drug-likeness (QED) is 0.303. The van der Waals surface area contributed by atoms with Gasteiger partial charge >= 0.3 is 0 Å². The Morgan fingerprint density at radius 3 is 2.43 bits per heavy atom. The van der Waals surface area contributed by atoms with Gasteiger partial charge in [-0.2, -0.15) is 0 Å². The summed E-state index contributed by atoms with van der Waals surface area (Å²) in [7, 11) is 4.27. The van der Waals surface area contributed by atoms with Gasteiger partial charge in [0.05, 0.1) is 20.6 Å². The lowest BCUT2D eigenvalue weighted by molar-refractivity contribution is -0.858. The molecule has 0 radical (unpaired) electrons. The fourth-order valence-corrected chi connectivity index (χ4v) is 1.98. The molecule has 7 heteroatoms. The SMILES string of the molecule is Cc1ccccc1NC(=S)NNC(=S)NCCC[NH+](C)C. The summed E-state index contributed by atoms with van der Waals surface area (Å²) in [6.07, 6.45) is 1.07. The predicted octanol–water partition coefficient (Wildman–Crippen LogP) is 0.195. The number of aryl methyl sites for hydroxylation is 1. The van der Waals surface area contributed by atoms with Crippen molar-refractivity contribution in [3.63, 3.8) is 0 Å². The van der Waals surface area contributed by atoms with Gasteiger partial charge in [0, 0.05) is 18.7 Å². The Bertz CT molecular complexity index is 476. The molecular formula is C14H24N5S2+. The molecule has 0 aliphatic carbocycles. The van der Waals surface area contributed by atoms with E-state index in [2.05, 4.69) is 35.6 Å². The first-order chi connectivity index (χ1) is 9.99. The average molecular weight is 327 g/mol. The molecular weight excluding hydrogens is 302 g/mol. The number of nitrogens with one attached hydrogen (secondary N) is 5. The lowest BCUT2D eigenvalue weighted by Gasteiger charge is -2.15. The van der Waals surface area contributed by atoms with E-state index in [-0.39, 0.29) is 0 Å². The van der Waals surface area contributed by atoms with Gasteiger partial charge in [-0.05, 0) is 43.0 Å². The maximum Gasteiger partial charge on any atom is 0.189 e. The second-order valence-corrected chi connectivity index (χ2v) is 5.90. The van der Waals surface area contributed by atoms with E-state index in [4.69, 9.17) is 24.4 Å². The number of quaternary nitrogens is 1. The molecule has 0 unspecified atom stereocenters. The van der Waals surface area contributed by atoms with E-state index in [1.165, 1.54) is 4.90 Å². The molecule has 5 nitrogen and oxygen atoms in total. The number of hydrogen-bond donors (Lipinski definition) is 5. The first-order valence-electron chi connectivity index (χ1n) is 6.94. The van der Waals surface area contributed by atoms with Crippen LogP contribution in [0.1, 0.15) is 12.0 Å². The highest BCUT2D eigenvalue weighted by Gasteiger charge is 2.01. The monoisotopic (exact) mass is 326 g/mol. The molecule has 21 heavy (non-hydrogen) atoms. The molecule has 0 heterocycles. The predicted molar refractivity (Wildman–Crippen MR) is 96.6 cm³/mol. The number of anilines is 1. The van der Waals surface area contributed by atoms with Crippen molar-refractivity contribution in [3.8, 4) is 0 Å². The van der Waals surface area contributed by atoms with Crippen molar-refractivity contribution in [1.82, 2.24) is 16.2 Å². The van der Waals surface area contributed by atoms with Crippen molar-refractivity contribution in [2.24, 2.45) is 0 Å². The number of rotatable bonds is 5. The third-order valence-electron chi connectivity index (χ3n) is 2.82. The van der Waals surface area contributed by atoms with Crippen LogP contribution in [0.3, 0.4) is 0 Å². The number of benzene rings is 1. The fraction of sp³-hybridized carbons (Fsp3) is 0.429. The highest BCUT2D eigenvalue weighted by Crippen LogP contribution is 2.12. The van der Waals surface area contributed by atoms with Crippen molar-refractivity contribution in [3.05, 3.63) is 29.8 Å². The molecule has 1 rings (SSSR count). The number of para-hydroxylation sites is 1. The topological polar surface area (TPSA) is 52.6 Å². The minimum atomic E-state index is 0.478. The van der Waals surface area contributed by atoms with Crippen molar-refractivity contribution in [2.45, 2.75) is 13.3 Å². The van der Waals surface area contributed by atoms with Crippen molar-refractivity contribution >= 4 is 40.3 Å². The van der Waals surface area contributed by atoms with E-state index in [0.717, 1.165) is 30.8 Å². The van der Waals surface area contributed by atoms with Crippen LogP contribution in [0.2, 0.25) is 0 Å². The minimum Gasteiger partial charge on any atom is -0.361 e. The van der Waals surface area contributed by atoms with Crippen LogP contribution in [0, 0.1) is 6.92 Å². The van der Waals surface area contributed by atoms with Gasteiger partial charge in [0.25, 0.3) is 0 Å². The lowest BCUT2D eigenvalue weighted by Crippen LogP contribution is -3.05. The highest BCUT2D eigenvalue weighted by molar-refractivity contribution is 7.80. The second-order valence-electron chi connectivity index (χ2n) is 5.09. The van der Waals surface area contributed by atoms with Crippen LogP contribution in [0.25, 0.3) is 0 Å². The van der Waals surface area contributed by atoms with Gasteiger partial charge in [-0.3, -0.25) is 10.9 Å². The maximum absolute atomic E-state index is 5.21. The van der Waals surface area contributed by atoms with Gasteiger partial charge in [0.1, 0.15) is 0 Å². The first-order valence-corrected chi connectivity index (χ1v) is 7.76. The largest absolute Gasteiger partial charge is 0.361 e. The third-order valence-corrected chi connectivity index (χ3v) is 3.27. The molecule has 0 fully saturated rings. The first kappa shape index (κ1) is 17.6. The van der Waals surface area contributed by atoms with Crippen LogP contribution >= 0.6 is 24.4 Å². The molecule has 0 amide bonds. The summed E-state index contributed by atoms with van der Waals surface area (Å²) < 4.78 is 0. The van der Waals surface area contributed by atoms with Gasteiger partial charge in [-0.1, -0.05) is 18.2 Å². The molecule has 0 bridgehead atoms. The van der Waals surface area contributed by atoms with Crippen molar-refractivity contribution in [1.29, 1.82) is 0 Å². The molecule has 116 valence electrons. The Labute approximate surface area is 137 Å². The number of hydrogen-bond acceptors (Lipinski definition) is 2. The molecule has 0 spiro atoms. The number of hydrazine groups is 1. The van der Waals surface area contributed by atoms with Crippen molar-refractivity contribution < 1.29 is 4.90 Å². The second kappa shape index (κ2) is 9.49.